The molecule has 4 rings (SSSR count). The lowest BCUT2D eigenvalue weighted by Gasteiger charge is -2.32. The Morgan fingerprint density at radius 2 is 2.04 bits per heavy atom. The Hall–Kier alpha value is -2.73. The summed E-state index contributed by atoms with van der Waals surface area (Å²) < 4.78 is 5.74. The van der Waals surface area contributed by atoms with Gasteiger partial charge >= 0.3 is 0 Å². The van der Waals surface area contributed by atoms with Crippen LogP contribution in [0.15, 0.2) is 60.7 Å². The van der Waals surface area contributed by atoms with Crippen LogP contribution in [0.2, 0.25) is 0 Å². The summed E-state index contributed by atoms with van der Waals surface area (Å²) >= 11 is 0. The summed E-state index contributed by atoms with van der Waals surface area (Å²) in [5.74, 6) is 2.13. The van der Waals surface area contributed by atoms with Gasteiger partial charge in [-0.3, -0.25) is 0 Å². The molecule has 0 spiro atoms. The first-order valence-electron chi connectivity index (χ1n) is 8.70. The minimum Gasteiger partial charge on any atom is -0.439 e. The number of nitrogens with zero attached hydrogens (tertiary/aromatic N) is 3. The lowest BCUT2D eigenvalue weighted by molar-refractivity contribution is 0.245. The van der Waals surface area contributed by atoms with Crippen molar-refractivity contribution in [2.45, 2.75) is 18.9 Å². The van der Waals surface area contributed by atoms with E-state index in [1.807, 2.05) is 42.5 Å². The third-order valence-electron chi connectivity index (χ3n) is 4.66. The molecule has 2 aromatic rings. The molecule has 6 nitrogen and oxygen atoms in total. The summed E-state index contributed by atoms with van der Waals surface area (Å²) in [6, 6.07) is 14.1. The SMILES string of the molecule is NC1=CN([C@@H]2CCCNC2)CN1c1ccc(Oc2ccccn2)cc1. The Kier molecular flexibility index (Phi) is 4.43. The molecule has 25 heavy (non-hydrogen) atoms. The molecule has 0 bridgehead atoms. The van der Waals surface area contributed by atoms with Gasteiger partial charge < -0.3 is 25.6 Å². The largest absolute Gasteiger partial charge is 0.439 e. The second-order valence-electron chi connectivity index (χ2n) is 6.40. The number of aromatic nitrogens is 1. The van der Waals surface area contributed by atoms with Crippen molar-refractivity contribution in [1.29, 1.82) is 0 Å². The van der Waals surface area contributed by atoms with E-state index in [1.54, 1.807) is 6.20 Å². The van der Waals surface area contributed by atoms with Gasteiger partial charge in [0.05, 0.1) is 6.67 Å². The van der Waals surface area contributed by atoms with Crippen molar-refractivity contribution in [2.24, 2.45) is 5.73 Å². The van der Waals surface area contributed by atoms with Gasteiger partial charge in [0, 0.05) is 36.7 Å². The van der Waals surface area contributed by atoms with Crippen LogP contribution in [-0.2, 0) is 0 Å². The Labute approximate surface area is 147 Å². The standard InChI is InChI=1S/C19H23N5O/c20-18-13-23(16-4-3-10-21-12-16)14-24(18)15-6-8-17(9-7-15)25-19-5-1-2-11-22-19/h1-2,5-9,11,13,16,21H,3-4,10,12,14,20H2/t16-/m1/s1. The number of hydrogen-bond acceptors (Lipinski definition) is 6. The molecule has 1 atom stereocenters. The molecule has 0 amide bonds. The Morgan fingerprint density at radius 1 is 1.16 bits per heavy atom. The maximum absolute atomic E-state index is 6.25. The van der Waals surface area contributed by atoms with Gasteiger partial charge in [0.25, 0.3) is 0 Å². The molecule has 1 saturated heterocycles. The van der Waals surface area contributed by atoms with Gasteiger partial charge in [-0.2, -0.15) is 0 Å². The summed E-state index contributed by atoms with van der Waals surface area (Å²) in [6.07, 6.45) is 6.21. The summed E-state index contributed by atoms with van der Waals surface area (Å²) in [6.45, 7) is 2.93. The second-order valence-corrected chi connectivity index (χ2v) is 6.40. The second kappa shape index (κ2) is 7.03. The van der Waals surface area contributed by atoms with E-state index in [0.717, 1.165) is 37.0 Å². The third-order valence-corrected chi connectivity index (χ3v) is 4.66. The van der Waals surface area contributed by atoms with Crippen LogP contribution in [0.3, 0.4) is 0 Å². The van der Waals surface area contributed by atoms with Gasteiger partial charge in [-0.1, -0.05) is 6.07 Å². The maximum atomic E-state index is 6.25. The Morgan fingerprint density at radius 3 is 2.76 bits per heavy atom. The molecule has 130 valence electrons. The molecule has 6 heteroatoms. The predicted molar refractivity (Wildman–Crippen MR) is 98.1 cm³/mol. The fraction of sp³-hybridized carbons (Fsp3) is 0.316. The molecular weight excluding hydrogens is 314 g/mol. The van der Waals surface area contributed by atoms with Gasteiger partial charge in [0.15, 0.2) is 0 Å². The van der Waals surface area contributed by atoms with Crippen molar-refractivity contribution in [1.82, 2.24) is 15.2 Å². The molecule has 0 saturated carbocycles. The normalized spacial score (nSPS) is 20.5. The molecule has 0 radical (unpaired) electrons. The summed E-state index contributed by atoms with van der Waals surface area (Å²) in [7, 11) is 0. The number of benzene rings is 1. The predicted octanol–water partition coefficient (Wildman–Crippen LogP) is 2.46. The van der Waals surface area contributed by atoms with Gasteiger partial charge in [-0.05, 0) is 49.7 Å². The fourth-order valence-electron chi connectivity index (χ4n) is 3.32. The molecule has 2 aliphatic rings. The molecule has 2 aliphatic heterocycles. The average molecular weight is 337 g/mol. The molecule has 3 heterocycles. The zero-order valence-electron chi connectivity index (χ0n) is 14.1. The monoisotopic (exact) mass is 337 g/mol. The highest BCUT2D eigenvalue weighted by Crippen LogP contribution is 2.28. The number of rotatable bonds is 4. The van der Waals surface area contributed by atoms with Gasteiger partial charge in [-0.25, -0.2) is 4.98 Å². The number of nitrogens with two attached hydrogens (primary N) is 1. The number of piperidine rings is 1. The van der Waals surface area contributed by atoms with Crippen LogP contribution in [-0.4, -0.2) is 35.7 Å². The van der Waals surface area contributed by atoms with Crippen LogP contribution in [0.4, 0.5) is 5.69 Å². The minimum absolute atomic E-state index is 0.518. The Bertz CT molecular complexity index is 725. The molecule has 0 aliphatic carbocycles. The fourth-order valence-corrected chi connectivity index (χ4v) is 3.32. The lowest BCUT2D eigenvalue weighted by Crippen LogP contribution is -2.44. The van der Waals surface area contributed by atoms with Crippen molar-refractivity contribution >= 4 is 5.69 Å². The topological polar surface area (TPSA) is 66.7 Å². The number of pyridine rings is 1. The van der Waals surface area contributed by atoms with Crippen LogP contribution in [0.1, 0.15) is 12.8 Å². The number of anilines is 1. The van der Waals surface area contributed by atoms with E-state index in [1.165, 1.54) is 12.8 Å². The number of ether oxygens (including phenoxy) is 1. The zero-order chi connectivity index (χ0) is 17.1. The van der Waals surface area contributed by atoms with E-state index in [-0.39, 0.29) is 0 Å². The average Bonchev–Trinajstić information content (AvgIpc) is 3.06. The van der Waals surface area contributed by atoms with Gasteiger partial charge in [0.2, 0.25) is 5.88 Å². The quantitative estimate of drug-likeness (QED) is 0.893. The van der Waals surface area contributed by atoms with E-state index in [4.69, 9.17) is 10.5 Å². The Balaban J connectivity index is 1.42. The lowest BCUT2D eigenvalue weighted by atomic mass is 10.1. The van der Waals surface area contributed by atoms with E-state index in [9.17, 15) is 0 Å². The van der Waals surface area contributed by atoms with Crippen molar-refractivity contribution in [2.75, 3.05) is 24.7 Å². The van der Waals surface area contributed by atoms with E-state index >= 15 is 0 Å². The number of nitrogens with one attached hydrogen (secondary N) is 1. The minimum atomic E-state index is 0.518. The van der Waals surface area contributed by atoms with Crippen molar-refractivity contribution < 1.29 is 4.74 Å². The third kappa shape index (κ3) is 3.53. The summed E-state index contributed by atoms with van der Waals surface area (Å²) in [5.41, 5.74) is 7.32. The van der Waals surface area contributed by atoms with Crippen LogP contribution in [0.5, 0.6) is 11.6 Å². The first kappa shape index (κ1) is 15.8. The van der Waals surface area contributed by atoms with E-state index in [0.29, 0.717) is 11.9 Å². The van der Waals surface area contributed by atoms with Crippen molar-refractivity contribution in [3.8, 4) is 11.6 Å². The molecule has 0 unspecified atom stereocenters. The zero-order valence-corrected chi connectivity index (χ0v) is 14.1. The van der Waals surface area contributed by atoms with Gasteiger partial charge in [-0.15, -0.1) is 0 Å². The van der Waals surface area contributed by atoms with Gasteiger partial charge in [0.1, 0.15) is 11.6 Å². The van der Waals surface area contributed by atoms with E-state index in [2.05, 4.69) is 26.3 Å². The van der Waals surface area contributed by atoms with Crippen LogP contribution >= 0.6 is 0 Å². The maximum Gasteiger partial charge on any atom is 0.219 e. The molecule has 3 N–H and O–H groups in total. The first-order chi connectivity index (χ1) is 12.3. The smallest absolute Gasteiger partial charge is 0.219 e. The van der Waals surface area contributed by atoms with Crippen LogP contribution < -0.4 is 20.7 Å². The van der Waals surface area contributed by atoms with Crippen LogP contribution in [0, 0.1) is 0 Å². The molecule has 1 aromatic carbocycles. The highest BCUT2D eigenvalue weighted by Gasteiger charge is 2.26. The number of hydrogen-bond donors (Lipinski definition) is 2. The summed E-state index contributed by atoms with van der Waals surface area (Å²) in [4.78, 5) is 8.63. The van der Waals surface area contributed by atoms with Crippen LogP contribution in [0.25, 0.3) is 0 Å². The molecule has 1 aromatic heterocycles. The van der Waals surface area contributed by atoms with E-state index < -0.39 is 0 Å². The van der Waals surface area contributed by atoms with Crippen molar-refractivity contribution in [3.05, 3.63) is 60.7 Å². The molecule has 1 fully saturated rings. The van der Waals surface area contributed by atoms with Crippen molar-refractivity contribution in [3.63, 3.8) is 0 Å². The summed E-state index contributed by atoms with van der Waals surface area (Å²) in [5, 5.41) is 3.46. The molecular formula is C19H23N5O. The first-order valence-corrected chi connectivity index (χ1v) is 8.70. The highest BCUT2D eigenvalue weighted by atomic mass is 16.5. The highest BCUT2D eigenvalue weighted by molar-refractivity contribution is 5.54.